The summed E-state index contributed by atoms with van der Waals surface area (Å²) in [5.74, 6) is -2.24. The van der Waals surface area contributed by atoms with Crippen LogP contribution in [-0.4, -0.2) is 139 Å². The van der Waals surface area contributed by atoms with Crippen molar-refractivity contribution in [3.05, 3.63) is 60.2 Å². The lowest BCUT2D eigenvalue weighted by Gasteiger charge is -2.48. The van der Waals surface area contributed by atoms with Gasteiger partial charge < -0.3 is 43.3 Å². The Morgan fingerprint density at radius 3 is 2.45 bits per heavy atom. The van der Waals surface area contributed by atoms with Crippen molar-refractivity contribution >= 4 is 23.5 Å². The first-order chi connectivity index (χ1) is 29.5. The molecule has 0 radical (unpaired) electrons. The fraction of sp³-hybridized carbons (Fsp3) is 0.667. The third-order valence-corrected chi connectivity index (χ3v) is 14.0. The number of likely N-dealkylation sites (N-methyl/N-ethyl adjacent to an activating group) is 1. The van der Waals surface area contributed by atoms with E-state index in [2.05, 4.69) is 43.3 Å². The van der Waals surface area contributed by atoms with Crippen molar-refractivity contribution in [3.8, 4) is 11.1 Å². The number of nitrogens with zero attached hydrogens (tertiary/aromatic N) is 4. The minimum atomic E-state index is -1.14. The molecule has 0 aliphatic carbocycles. The molecule has 7 rings (SSSR count). The van der Waals surface area contributed by atoms with Crippen LogP contribution in [0.2, 0.25) is 0 Å². The van der Waals surface area contributed by atoms with Crippen LogP contribution in [0.15, 0.2) is 64.7 Å². The van der Waals surface area contributed by atoms with Crippen molar-refractivity contribution in [2.24, 2.45) is 33.8 Å². The zero-order chi connectivity index (χ0) is 44.5. The first-order valence-electron chi connectivity index (χ1n) is 22.5. The predicted molar refractivity (Wildman–Crippen MR) is 235 cm³/mol. The van der Waals surface area contributed by atoms with Gasteiger partial charge in [0.1, 0.15) is 24.5 Å². The molecule has 14 atom stereocenters. The second kappa shape index (κ2) is 19.0. The highest BCUT2D eigenvalue weighted by atomic mass is 16.7. The van der Waals surface area contributed by atoms with E-state index in [0.717, 1.165) is 22.4 Å². The van der Waals surface area contributed by atoms with Gasteiger partial charge in [-0.15, -0.1) is 0 Å². The summed E-state index contributed by atoms with van der Waals surface area (Å²) in [6.45, 7) is 16.9. The molecule has 5 heterocycles. The summed E-state index contributed by atoms with van der Waals surface area (Å²) < 4.78 is 40.0. The van der Waals surface area contributed by atoms with Gasteiger partial charge in [-0.1, -0.05) is 81.4 Å². The molecule has 340 valence electrons. The van der Waals surface area contributed by atoms with Gasteiger partial charge >= 0.3 is 12.1 Å². The van der Waals surface area contributed by atoms with E-state index < -0.39 is 71.8 Å². The third-order valence-electron chi connectivity index (χ3n) is 14.0. The van der Waals surface area contributed by atoms with Gasteiger partial charge in [-0.05, 0) is 89.7 Å². The molecule has 5 aliphatic rings. The van der Waals surface area contributed by atoms with E-state index in [4.69, 9.17) is 38.3 Å². The number of carbonyl (C=O) groups is 2. The number of hydrogen-bond donors (Lipinski definition) is 1. The zero-order valence-corrected chi connectivity index (χ0v) is 38.2. The van der Waals surface area contributed by atoms with E-state index in [9.17, 15) is 14.7 Å². The Kier molecular flexibility index (Phi) is 14.2. The maximum absolute atomic E-state index is 14.6. The van der Waals surface area contributed by atoms with E-state index in [1.54, 1.807) is 11.8 Å². The van der Waals surface area contributed by atoms with E-state index in [1.807, 2.05) is 83.9 Å². The number of esters is 1. The molecule has 0 spiro atoms. The molecule has 0 unspecified atom stereocenters. The van der Waals surface area contributed by atoms with E-state index >= 15 is 0 Å². The summed E-state index contributed by atoms with van der Waals surface area (Å²) in [7, 11) is 3.88. The molecule has 0 aromatic heterocycles. The minimum Gasteiger partial charge on any atom is -0.458 e. The van der Waals surface area contributed by atoms with E-state index in [-0.39, 0.29) is 43.8 Å². The first-order valence-corrected chi connectivity index (χ1v) is 22.5. The number of aliphatic hydroxyl groups is 1. The number of benzene rings is 2. The molecule has 1 amide bonds. The smallest absolute Gasteiger partial charge is 0.410 e. The van der Waals surface area contributed by atoms with Gasteiger partial charge in [-0.25, -0.2) is 4.79 Å². The number of aliphatic hydroxyl groups excluding tert-OH is 1. The van der Waals surface area contributed by atoms with Crippen molar-refractivity contribution in [3.63, 3.8) is 0 Å². The van der Waals surface area contributed by atoms with Crippen molar-refractivity contribution in [2.75, 3.05) is 40.4 Å². The molecule has 4 saturated heterocycles. The lowest BCUT2D eigenvalue weighted by Crippen LogP contribution is -2.60. The molecular weight excluding hydrogens is 793 g/mol. The molecule has 4 fully saturated rings. The predicted octanol–water partition coefficient (Wildman–Crippen LogP) is 6.52. The fourth-order valence-corrected chi connectivity index (χ4v) is 10.9. The number of rotatable bonds is 8. The summed E-state index contributed by atoms with van der Waals surface area (Å²) in [5, 5.41) is 16.4. The summed E-state index contributed by atoms with van der Waals surface area (Å²) in [6.07, 6.45) is -3.42. The standard InChI is InChI=1S/C48H68N4O10/c1-11-38-48(8)42-30(4)39(49-20-21-52(42)46(55)62-48)28(2)24-47(7)43(61-45-40(53)37(51(9)10)22-29(3)59-45)31(5)41(32(6)44(54)60-38)56-26-36(27-57-47)50-58-25-33-16-15-19-35(23-33)34-17-13-12-14-18-34/h12-19,23,28-32,37-38,40-43,45,53H,11,20-22,24-27H2,1-10H3/b50-36+/t28-,29+,30+,31+,32-,37-,38-,40+,41+,42-,43-,45-,47-,48-/m1/s1. The summed E-state index contributed by atoms with van der Waals surface area (Å²) >= 11 is 0. The average molecular weight is 861 g/mol. The number of hydrogen-bond acceptors (Lipinski definition) is 13. The number of carbonyl (C=O) groups excluding carboxylic acids is 2. The molecule has 62 heavy (non-hydrogen) atoms. The van der Waals surface area contributed by atoms with Crippen molar-refractivity contribution in [2.45, 2.75) is 141 Å². The average Bonchev–Trinajstić information content (AvgIpc) is 3.39. The maximum Gasteiger partial charge on any atom is 0.410 e. The second-order valence-corrected chi connectivity index (χ2v) is 18.9. The number of amides is 1. The highest BCUT2D eigenvalue weighted by Crippen LogP contribution is 2.45. The third kappa shape index (κ3) is 9.32. The van der Waals surface area contributed by atoms with Gasteiger partial charge in [-0.2, -0.15) is 0 Å². The maximum atomic E-state index is 14.6. The Balaban J connectivity index is 1.28. The zero-order valence-electron chi connectivity index (χ0n) is 38.2. The molecule has 1 N–H and O–H groups in total. The number of aliphatic imine (C=N–C) groups is 1. The van der Waals surface area contributed by atoms with Crippen LogP contribution in [0.5, 0.6) is 0 Å². The van der Waals surface area contributed by atoms with Crippen LogP contribution in [0.3, 0.4) is 0 Å². The molecule has 2 aromatic carbocycles. The highest BCUT2D eigenvalue weighted by molar-refractivity contribution is 5.91. The van der Waals surface area contributed by atoms with Crippen molar-refractivity contribution < 1.29 is 48.0 Å². The van der Waals surface area contributed by atoms with Crippen molar-refractivity contribution in [1.82, 2.24) is 9.80 Å². The minimum absolute atomic E-state index is 0.00460. The van der Waals surface area contributed by atoms with Crippen LogP contribution in [0.4, 0.5) is 4.79 Å². The lowest BCUT2D eigenvalue weighted by atomic mass is 9.72. The fourth-order valence-electron chi connectivity index (χ4n) is 10.9. The summed E-state index contributed by atoms with van der Waals surface area (Å²) in [5.41, 5.74) is 2.32. The normalized spacial score (nSPS) is 38.9. The van der Waals surface area contributed by atoms with Gasteiger partial charge in [0.05, 0.1) is 55.6 Å². The molecular formula is C48H68N4O10. The molecule has 2 aromatic rings. The Morgan fingerprint density at radius 1 is 0.984 bits per heavy atom. The lowest BCUT2D eigenvalue weighted by molar-refractivity contribution is -0.302. The number of cyclic esters (lactones) is 1. The van der Waals surface area contributed by atoms with Crippen LogP contribution >= 0.6 is 0 Å². The summed E-state index contributed by atoms with van der Waals surface area (Å²) in [4.78, 5) is 43.1. The Bertz CT molecular complexity index is 1950. The molecule has 14 heteroatoms. The molecule has 4 bridgehead atoms. The largest absolute Gasteiger partial charge is 0.458 e. The van der Waals surface area contributed by atoms with Crippen molar-refractivity contribution in [1.29, 1.82) is 0 Å². The van der Waals surface area contributed by atoms with Crippen LogP contribution in [0, 0.1) is 23.7 Å². The quantitative estimate of drug-likeness (QED) is 0.229. The van der Waals surface area contributed by atoms with Gasteiger partial charge in [0.15, 0.2) is 11.9 Å². The highest BCUT2D eigenvalue weighted by Gasteiger charge is 2.60. The molecule has 14 nitrogen and oxygen atoms in total. The SMILES string of the molecule is CC[C@H]1OC(=O)[C@H](C)[C@H]2OC/C(=N\OCc3cccc(-c4ccccc4)c3)CO[C@](C)(C[C@@H](C)C3=NCCN4C(=O)O[C@@]1(C)[C@H]4[C@H]3C)[C@H](O[C@H]1O[C@@H](C)C[C@@H](N(C)C)[C@@H]1O)[C@H]2C. The Labute approximate surface area is 367 Å². The van der Waals surface area contributed by atoms with Crippen LogP contribution < -0.4 is 0 Å². The number of fused-ring (bicyclic) bond motifs is 4. The van der Waals surface area contributed by atoms with Gasteiger partial charge in [0, 0.05) is 30.1 Å². The number of ether oxygens (including phenoxy) is 6. The monoisotopic (exact) mass is 860 g/mol. The van der Waals surface area contributed by atoms with E-state index in [1.165, 1.54) is 0 Å². The van der Waals surface area contributed by atoms with Gasteiger partial charge in [-0.3, -0.25) is 14.7 Å². The van der Waals surface area contributed by atoms with Gasteiger partial charge in [0.25, 0.3) is 0 Å². The van der Waals surface area contributed by atoms with Crippen LogP contribution in [-0.2, 0) is 44.7 Å². The molecule has 0 saturated carbocycles. The summed E-state index contributed by atoms with van der Waals surface area (Å²) in [6, 6.07) is 17.7. The second-order valence-electron chi connectivity index (χ2n) is 18.9. The Morgan fingerprint density at radius 2 is 1.73 bits per heavy atom. The van der Waals surface area contributed by atoms with Crippen LogP contribution in [0.25, 0.3) is 11.1 Å². The Hall–Kier alpha value is -3.92. The molecule has 5 aliphatic heterocycles. The van der Waals surface area contributed by atoms with Crippen LogP contribution in [0.1, 0.15) is 80.2 Å². The van der Waals surface area contributed by atoms with E-state index in [0.29, 0.717) is 38.1 Å². The number of oxime groups is 1. The topological polar surface area (TPSA) is 150 Å². The van der Waals surface area contributed by atoms with Gasteiger partial charge in [0.2, 0.25) is 0 Å². The first kappa shape index (κ1) is 46.1.